The van der Waals surface area contributed by atoms with Gasteiger partial charge in [0.1, 0.15) is 17.8 Å². The van der Waals surface area contributed by atoms with Crippen LogP contribution < -0.4 is 10.6 Å². The van der Waals surface area contributed by atoms with Gasteiger partial charge in [-0.15, -0.1) is 0 Å². The molecule has 0 bridgehead atoms. The molecular formula is C23H28ClN5O2. The molecule has 3 heterocycles. The maximum Gasteiger partial charge on any atom is 0.217 e. The Balaban J connectivity index is 1.74. The molecule has 7 nitrogen and oxygen atoms in total. The van der Waals surface area contributed by atoms with E-state index in [0.717, 1.165) is 42.7 Å². The average molecular weight is 442 g/mol. The molecule has 4 rings (SSSR count). The molecule has 1 aliphatic heterocycles. The summed E-state index contributed by atoms with van der Waals surface area (Å²) in [4.78, 5) is 26.1. The maximum atomic E-state index is 11.7. The molecule has 2 aromatic heterocycles. The normalized spacial score (nSPS) is 20.1. The highest BCUT2D eigenvalue weighted by atomic mass is 35.5. The molecule has 1 saturated heterocycles. The lowest BCUT2D eigenvalue weighted by Gasteiger charge is -2.44. The fraction of sp³-hybridized carbons (Fsp3) is 0.435. The number of nitrogens with two attached hydrogens (primary N) is 1. The zero-order valence-corrected chi connectivity index (χ0v) is 18.1. The Morgan fingerprint density at radius 2 is 2.10 bits per heavy atom. The topological polar surface area (TPSA) is 108 Å². The van der Waals surface area contributed by atoms with Crippen LogP contribution in [0.5, 0.6) is 0 Å². The van der Waals surface area contributed by atoms with Gasteiger partial charge in [-0.05, 0) is 55.4 Å². The lowest BCUT2D eigenvalue weighted by atomic mass is 9.77. The Hall–Kier alpha value is -2.64. The molecule has 164 valence electrons. The SMILES string of the molecule is NC(=O)CC1CCN(c2ncnc3[nH]ccc23)C(C(CCCO)c2ccc(Cl)cc2)C1. The van der Waals surface area contributed by atoms with Gasteiger partial charge in [0.25, 0.3) is 0 Å². The van der Waals surface area contributed by atoms with Crippen molar-refractivity contribution >= 4 is 34.4 Å². The molecule has 1 fully saturated rings. The number of aliphatic hydroxyl groups excluding tert-OH is 1. The van der Waals surface area contributed by atoms with Gasteiger partial charge in [0.2, 0.25) is 5.91 Å². The molecule has 0 radical (unpaired) electrons. The van der Waals surface area contributed by atoms with Crippen LogP contribution in [0.25, 0.3) is 11.0 Å². The monoisotopic (exact) mass is 441 g/mol. The number of hydrogen-bond donors (Lipinski definition) is 3. The first-order chi connectivity index (χ1) is 15.1. The van der Waals surface area contributed by atoms with Gasteiger partial charge in [0.15, 0.2) is 0 Å². The number of hydrogen-bond acceptors (Lipinski definition) is 5. The number of anilines is 1. The van der Waals surface area contributed by atoms with E-state index in [1.54, 1.807) is 6.33 Å². The van der Waals surface area contributed by atoms with Crippen molar-refractivity contribution in [3.05, 3.63) is 53.4 Å². The van der Waals surface area contributed by atoms with Crippen molar-refractivity contribution in [3.63, 3.8) is 0 Å². The molecule has 8 heteroatoms. The van der Waals surface area contributed by atoms with Gasteiger partial charge >= 0.3 is 0 Å². The Labute approximate surface area is 186 Å². The molecule has 0 spiro atoms. The van der Waals surface area contributed by atoms with Crippen molar-refractivity contribution in [1.29, 1.82) is 0 Å². The largest absolute Gasteiger partial charge is 0.396 e. The van der Waals surface area contributed by atoms with Crippen LogP contribution in [0, 0.1) is 5.92 Å². The maximum absolute atomic E-state index is 11.7. The third kappa shape index (κ3) is 4.83. The van der Waals surface area contributed by atoms with Gasteiger partial charge in [-0.3, -0.25) is 4.79 Å². The van der Waals surface area contributed by atoms with Crippen LogP contribution in [-0.2, 0) is 4.79 Å². The molecule has 0 saturated carbocycles. The second kappa shape index (κ2) is 9.66. The number of halogens is 1. The van der Waals surface area contributed by atoms with E-state index in [4.69, 9.17) is 17.3 Å². The summed E-state index contributed by atoms with van der Waals surface area (Å²) >= 11 is 6.14. The number of piperidine rings is 1. The Kier molecular flexibility index (Phi) is 6.73. The summed E-state index contributed by atoms with van der Waals surface area (Å²) in [7, 11) is 0. The number of aliphatic hydroxyl groups is 1. The van der Waals surface area contributed by atoms with Gasteiger partial charge in [-0.2, -0.15) is 0 Å². The highest BCUT2D eigenvalue weighted by Gasteiger charge is 2.36. The molecule has 4 N–H and O–H groups in total. The van der Waals surface area contributed by atoms with Crippen LogP contribution in [0.15, 0.2) is 42.9 Å². The van der Waals surface area contributed by atoms with Crippen molar-refractivity contribution in [3.8, 4) is 0 Å². The number of aromatic nitrogens is 3. The molecule has 1 aliphatic rings. The Bertz CT molecular complexity index is 1020. The number of primary amides is 1. The number of fused-ring (bicyclic) bond motifs is 1. The van der Waals surface area contributed by atoms with Crippen LogP contribution in [-0.4, -0.2) is 45.2 Å². The van der Waals surface area contributed by atoms with E-state index in [-0.39, 0.29) is 30.4 Å². The van der Waals surface area contributed by atoms with E-state index in [2.05, 4.69) is 32.0 Å². The van der Waals surface area contributed by atoms with Crippen LogP contribution in [0.2, 0.25) is 5.02 Å². The smallest absolute Gasteiger partial charge is 0.217 e. The van der Waals surface area contributed by atoms with Crippen molar-refractivity contribution in [2.45, 2.75) is 44.1 Å². The number of H-pyrrole nitrogens is 1. The van der Waals surface area contributed by atoms with Crippen LogP contribution in [0.1, 0.15) is 43.6 Å². The molecular weight excluding hydrogens is 414 g/mol. The van der Waals surface area contributed by atoms with Gasteiger partial charge in [-0.1, -0.05) is 23.7 Å². The molecule has 3 unspecified atom stereocenters. The van der Waals surface area contributed by atoms with E-state index >= 15 is 0 Å². The first-order valence-electron chi connectivity index (χ1n) is 10.8. The first kappa shape index (κ1) is 21.6. The van der Waals surface area contributed by atoms with Gasteiger partial charge in [0.05, 0.1) is 5.39 Å². The summed E-state index contributed by atoms with van der Waals surface area (Å²) in [5, 5.41) is 11.2. The first-order valence-corrected chi connectivity index (χ1v) is 11.1. The van der Waals surface area contributed by atoms with Crippen molar-refractivity contribution in [1.82, 2.24) is 15.0 Å². The molecule has 3 aromatic rings. The van der Waals surface area contributed by atoms with E-state index < -0.39 is 0 Å². The number of carbonyl (C=O) groups is 1. The third-order valence-electron chi connectivity index (χ3n) is 6.28. The quantitative estimate of drug-likeness (QED) is 0.494. The van der Waals surface area contributed by atoms with Crippen LogP contribution >= 0.6 is 11.6 Å². The summed E-state index contributed by atoms with van der Waals surface area (Å²) in [5.41, 5.74) is 7.51. The average Bonchev–Trinajstić information content (AvgIpc) is 3.24. The number of nitrogens with zero attached hydrogens (tertiary/aromatic N) is 3. The lowest BCUT2D eigenvalue weighted by molar-refractivity contribution is -0.119. The van der Waals surface area contributed by atoms with Gasteiger partial charge < -0.3 is 20.7 Å². The lowest BCUT2D eigenvalue weighted by Crippen LogP contribution is -2.47. The van der Waals surface area contributed by atoms with Gasteiger partial charge in [0, 0.05) is 42.8 Å². The van der Waals surface area contributed by atoms with E-state index in [0.29, 0.717) is 17.9 Å². The fourth-order valence-corrected chi connectivity index (χ4v) is 5.00. The highest BCUT2D eigenvalue weighted by Crippen LogP contribution is 2.40. The van der Waals surface area contributed by atoms with E-state index in [1.165, 1.54) is 5.56 Å². The summed E-state index contributed by atoms with van der Waals surface area (Å²) in [6.45, 7) is 0.917. The molecule has 0 aliphatic carbocycles. The minimum Gasteiger partial charge on any atom is -0.396 e. The Morgan fingerprint density at radius 3 is 2.84 bits per heavy atom. The number of carbonyl (C=O) groups excluding carboxylic acids is 1. The summed E-state index contributed by atoms with van der Waals surface area (Å²) in [5.74, 6) is 1.03. The molecule has 1 amide bonds. The second-order valence-electron chi connectivity index (χ2n) is 8.28. The summed E-state index contributed by atoms with van der Waals surface area (Å²) in [6.07, 6.45) is 7.08. The number of rotatable bonds is 8. The third-order valence-corrected chi connectivity index (χ3v) is 6.54. The van der Waals surface area contributed by atoms with Crippen LogP contribution in [0.4, 0.5) is 5.82 Å². The number of aromatic amines is 1. The molecule has 1 aromatic carbocycles. The van der Waals surface area contributed by atoms with Crippen molar-refractivity contribution < 1.29 is 9.90 Å². The van der Waals surface area contributed by atoms with Crippen molar-refractivity contribution in [2.75, 3.05) is 18.1 Å². The van der Waals surface area contributed by atoms with E-state index in [9.17, 15) is 9.90 Å². The second-order valence-corrected chi connectivity index (χ2v) is 8.72. The minimum absolute atomic E-state index is 0.110. The highest BCUT2D eigenvalue weighted by molar-refractivity contribution is 6.30. The molecule has 31 heavy (non-hydrogen) atoms. The Morgan fingerprint density at radius 1 is 1.29 bits per heavy atom. The van der Waals surface area contributed by atoms with Gasteiger partial charge in [-0.25, -0.2) is 9.97 Å². The number of benzene rings is 1. The van der Waals surface area contributed by atoms with E-state index in [1.807, 2.05) is 24.4 Å². The van der Waals surface area contributed by atoms with Crippen molar-refractivity contribution in [2.24, 2.45) is 11.7 Å². The molecule has 3 atom stereocenters. The number of amides is 1. The van der Waals surface area contributed by atoms with Crippen LogP contribution in [0.3, 0.4) is 0 Å². The standard InChI is InChI=1S/C23H28ClN5O2/c24-17-5-3-16(4-6-17)18(2-1-11-30)20-12-15(13-21(25)31)8-10-29(20)23-19-7-9-26-22(19)27-14-28-23/h3-7,9,14-15,18,20,30H,1-2,8,10-13H2,(H2,25,31)(H,26,27,28). The summed E-state index contributed by atoms with van der Waals surface area (Å²) < 4.78 is 0. The predicted octanol–water partition coefficient (Wildman–Crippen LogP) is 3.63. The minimum atomic E-state index is -0.259. The number of nitrogens with one attached hydrogen (secondary N) is 1. The zero-order valence-electron chi connectivity index (χ0n) is 17.4. The zero-order chi connectivity index (χ0) is 21.8. The summed E-state index contributed by atoms with van der Waals surface area (Å²) in [6, 6.07) is 10.1. The fourth-order valence-electron chi connectivity index (χ4n) is 4.88. The predicted molar refractivity (Wildman–Crippen MR) is 122 cm³/mol.